The van der Waals surface area contributed by atoms with Gasteiger partial charge in [0.1, 0.15) is 5.76 Å². The lowest BCUT2D eigenvalue weighted by atomic mass is 10.1. The molecule has 0 fully saturated rings. The van der Waals surface area contributed by atoms with Crippen molar-refractivity contribution >= 4 is 23.5 Å². The Balaban J connectivity index is 1.87. The van der Waals surface area contributed by atoms with Crippen LogP contribution in [0.25, 0.3) is 0 Å². The molecule has 24 heavy (non-hydrogen) atoms. The van der Waals surface area contributed by atoms with E-state index in [1.54, 1.807) is 36.4 Å². The minimum atomic E-state index is -1.08. The number of hydrogen-bond acceptors (Lipinski definition) is 5. The average Bonchev–Trinajstić information content (AvgIpc) is 3.10. The van der Waals surface area contributed by atoms with Crippen LogP contribution in [0.2, 0.25) is 0 Å². The number of hydrazine groups is 1. The van der Waals surface area contributed by atoms with Gasteiger partial charge in [0.05, 0.1) is 18.2 Å². The molecule has 3 N–H and O–H groups in total. The number of amides is 2. The Labute approximate surface area is 137 Å². The predicted octanol–water partition coefficient (Wildman–Crippen LogP) is 1.74. The Bertz CT molecular complexity index is 772. The zero-order valence-electron chi connectivity index (χ0n) is 12.6. The van der Waals surface area contributed by atoms with Crippen LogP contribution in [-0.2, 0) is 9.59 Å². The normalized spacial score (nSPS) is 16.2. The molecule has 0 spiro atoms. The Hall–Kier alpha value is -3.29. The average molecular weight is 329 g/mol. The summed E-state index contributed by atoms with van der Waals surface area (Å²) in [5.41, 5.74) is 3.49. The van der Waals surface area contributed by atoms with Gasteiger partial charge in [0.2, 0.25) is 5.91 Å². The molecule has 0 unspecified atom stereocenters. The molecule has 3 rings (SSSR count). The van der Waals surface area contributed by atoms with Crippen LogP contribution in [0.5, 0.6) is 0 Å². The van der Waals surface area contributed by atoms with Gasteiger partial charge in [-0.25, -0.2) is 5.01 Å². The Morgan fingerprint density at radius 3 is 2.71 bits per heavy atom. The number of hydrogen-bond donors (Lipinski definition) is 3. The van der Waals surface area contributed by atoms with Crippen molar-refractivity contribution in [2.24, 2.45) is 0 Å². The maximum atomic E-state index is 12.7. The van der Waals surface area contributed by atoms with E-state index in [-0.39, 0.29) is 12.8 Å². The number of aliphatic carboxylic acids is 1. The van der Waals surface area contributed by atoms with E-state index in [9.17, 15) is 14.4 Å². The molecular formula is C16H15N3O5. The summed E-state index contributed by atoms with van der Waals surface area (Å²) in [7, 11) is 0. The smallest absolute Gasteiger partial charge is 0.303 e. The van der Waals surface area contributed by atoms with Gasteiger partial charge >= 0.3 is 5.97 Å². The van der Waals surface area contributed by atoms with Crippen molar-refractivity contribution in [3.05, 3.63) is 54.0 Å². The summed E-state index contributed by atoms with van der Waals surface area (Å²) in [5.74, 6) is -1.62. The van der Waals surface area contributed by atoms with E-state index < -0.39 is 23.9 Å². The standard InChI is InChI=1S/C16H15N3O5/c20-13(7-8-14(21)22)18-19-15(12-6-3-9-24-12)17-11-5-2-1-4-10(11)16(19)23/h1-6,9,15,17H,7-8H2,(H,18,20)(H,21,22)/t15-/m1/s1. The maximum Gasteiger partial charge on any atom is 0.303 e. The first kappa shape index (κ1) is 15.6. The fourth-order valence-corrected chi connectivity index (χ4v) is 2.43. The molecule has 1 aromatic carbocycles. The molecule has 124 valence electrons. The number of benzene rings is 1. The van der Waals surface area contributed by atoms with Crippen molar-refractivity contribution in [1.82, 2.24) is 10.4 Å². The van der Waals surface area contributed by atoms with E-state index in [0.717, 1.165) is 5.01 Å². The summed E-state index contributed by atoms with van der Waals surface area (Å²) in [6.45, 7) is 0. The first-order valence-electron chi connectivity index (χ1n) is 7.30. The summed E-state index contributed by atoms with van der Waals surface area (Å²) in [4.78, 5) is 35.3. The molecular weight excluding hydrogens is 314 g/mol. The second-order valence-corrected chi connectivity index (χ2v) is 5.21. The Kier molecular flexibility index (Phi) is 4.19. The number of fused-ring (bicyclic) bond motifs is 1. The quantitative estimate of drug-likeness (QED) is 0.770. The van der Waals surface area contributed by atoms with Crippen LogP contribution in [-0.4, -0.2) is 27.9 Å². The fourth-order valence-electron chi connectivity index (χ4n) is 2.43. The number of para-hydroxylation sites is 1. The van der Waals surface area contributed by atoms with Gasteiger partial charge in [0, 0.05) is 12.1 Å². The molecule has 1 aromatic heterocycles. The number of anilines is 1. The summed E-state index contributed by atoms with van der Waals surface area (Å²) in [6, 6.07) is 10.3. The van der Waals surface area contributed by atoms with Crippen LogP contribution in [0.1, 0.15) is 35.1 Å². The molecule has 8 heteroatoms. The summed E-state index contributed by atoms with van der Waals surface area (Å²) < 4.78 is 5.34. The van der Waals surface area contributed by atoms with Gasteiger partial charge < -0.3 is 14.8 Å². The summed E-state index contributed by atoms with van der Waals surface area (Å²) >= 11 is 0. The van der Waals surface area contributed by atoms with Crippen LogP contribution in [0.4, 0.5) is 5.69 Å². The minimum absolute atomic E-state index is 0.231. The van der Waals surface area contributed by atoms with Gasteiger partial charge in [-0.05, 0) is 24.3 Å². The maximum absolute atomic E-state index is 12.7. The van der Waals surface area contributed by atoms with Gasteiger partial charge in [-0.2, -0.15) is 0 Å². The number of carboxylic acids is 1. The molecule has 1 aliphatic heterocycles. The number of nitrogens with one attached hydrogen (secondary N) is 2. The largest absolute Gasteiger partial charge is 0.481 e. The fraction of sp³-hybridized carbons (Fsp3) is 0.188. The van der Waals surface area contributed by atoms with Crippen molar-refractivity contribution in [1.29, 1.82) is 0 Å². The highest BCUT2D eigenvalue weighted by Crippen LogP contribution is 2.31. The molecule has 0 radical (unpaired) electrons. The molecule has 8 nitrogen and oxygen atoms in total. The van der Waals surface area contributed by atoms with Crippen LogP contribution in [0, 0.1) is 0 Å². The Morgan fingerprint density at radius 1 is 1.21 bits per heavy atom. The molecule has 0 bridgehead atoms. The number of carbonyl (C=O) groups is 3. The third-order valence-electron chi connectivity index (χ3n) is 3.55. The summed E-state index contributed by atoms with van der Waals surface area (Å²) in [5, 5.41) is 12.9. The first-order valence-corrected chi connectivity index (χ1v) is 7.30. The molecule has 1 aliphatic rings. The highest BCUT2D eigenvalue weighted by Gasteiger charge is 2.35. The highest BCUT2D eigenvalue weighted by atomic mass is 16.4. The molecule has 2 amide bonds. The molecule has 2 aromatic rings. The van der Waals surface area contributed by atoms with Gasteiger partial charge in [-0.1, -0.05) is 12.1 Å². The first-order chi connectivity index (χ1) is 11.6. The second kappa shape index (κ2) is 6.45. The lowest BCUT2D eigenvalue weighted by molar-refractivity contribution is -0.139. The van der Waals surface area contributed by atoms with Crippen LogP contribution >= 0.6 is 0 Å². The molecule has 0 saturated carbocycles. The van der Waals surface area contributed by atoms with Gasteiger partial charge in [0.15, 0.2) is 6.17 Å². The lowest BCUT2D eigenvalue weighted by Crippen LogP contribution is -2.52. The van der Waals surface area contributed by atoms with Crippen LogP contribution in [0.3, 0.4) is 0 Å². The van der Waals surface area contributed by atoms with Gasteiger partial charge in [-0.15, -0.1) is 0 Å². The monoisotopic (exact) mass is 329 g/mol. The summed E-state index contributed by atoms with van der Waals surface area (Å²) in [6.07, 6.45) is 0.192. The molecule has 2 heterocycles. The lowest BCUT2D eigenvalue weighted by Gasteiger charge is -2.36. The SMILES string of the molecule is O=C(O)CCC(=O)NN1C(=O)c2ccccc2N[C@H]1c1ccco1. The van der Waals surface area contributed by atoms with E-state index >= 15 is 0 Å². The highest BCUT2D eigenvalue weighted by molar-refractivity contribution is 6.02. The van der Waals surface area contributed by atoms with Crippen molar-refractivity contribution in [3.63, 3.8) is 0 Å². The number of carbonyl (C=O) groups excluding carboxylic acids is 2. The molecule has 1 atom stereocenters. The van der Waals surface area contributed by atoms with Crippen molar-refractivity contribution in [2.45, 2.75) is 19.0 Å². The van der Waals surface area contributed by atoms with E-state index in [1.807, 2.05) is 0 Å². The van der Waals surface area contributed by atoms with Crippen molar-refractivity contribution in [2.75, 3.05) is 5.32 Å². The number of furan rings is 1. The van der Waals surface area contributed by atoms with Crippen LogP contribution < -0.4 is 10.7 Å². The predicted molar refractivity (Wildman–Crippen MR) is 82.7 cm³/mol. The van der Waals surface area contributed by atoms with Gasteiger partial charge in [0.25, 0.3) is 5.91 Å². The molecule has 0 aliphatic carbocycles. The van der Waals surface area contributed by atoms with Gasteiger partial charge in [-0.3, -0.25) is 19.8 Å². The zero-order valence-corrected chi connectivity index (χ0v) is 12.6. The zero-order chi connectivity index (χ0) is 17.1. The second-order valence-electron chi connectivity index (χ2n) is 5.21. The Morgan fingerprint density at radius 2 is 2.00 bits per heavy atom. The van der Waals surface area contributed by atoms with E-state index in [2.05, 4.69) is 10.7 Å². The van der Waals surface area contributed by atoms with Crippen LogP contribution in [0.15, 0.2) is 47.1 Å². The third-order valence-corrected chi connectivity index (χ3v) is 3.55. The molecule has 0 saturated heterocycles. The van der Waals surface area contributed by atoms with E-state index in [1.165, 1.54) is 6.26 Å². The third kappa shape index (κ3) is 3.07. The van der Waals surface area contributed by atoms with Crippen molar-refractivity contribution < 1.29 is 23.9 Å². The number of nitrogens with zero attached hydrogens (tertiary/aromatic N) is 1. The number of rotatable bonds is 5. The van der Waals surface area contributed by atoms with E-state index in [0.29, 0.717) is 17.0 Å². The minimum Gasteiger partial charge on any atom is -0.481 e. The topological polar surface area (TPSA) is 112 Å². The van der Waals surface area contributed by atoms with E-state index in [4.69, 9.17) is 9.52 Å². The number of carboxylic acid groups (broad SMARTS) is 1. The van der Waals surface area contributed by atoms with Crippen molar-refractivity contribution in [3.8, 4) is 0 Å².